The van der Waals surface area contributed by atoms with Crippen molar-refractivity contribution in [2.24, 2.45) is 5.92 Å². The van der Waals surface area contributed by atoms with Crippen molar-refractivity contribution in [3.8, 4) is 0 Å². The van der Waals surface area contributed by atoms with Gasteiger partial charge in [0.25, 0.3) is 0 Å². The first-order chi connectivity index (χ1) is 8.07. The zero-order valence-corrected chi connectivity index (χ0v) is 11.7. The van der Waals surface area contributed by atoms with Gasteiger partial charge in [0, 0.05) is 19.7 Å². The minimum atomic E-state index is -0.144. The van der Waals surface area contributed by atoms with E-state index in [4.69, 9.17) is 4.74 Å². The molecule has 17 heavy (non-hydrogen) atoms. The lowest BCUT2D eigenvalue weighted by Crippen LogP contribution is -2.43. The summed E-state index contributed by atoms with van der Waals surface area (Å²) in [4.78, 5) is 11.6. The molecule has 0 heterocycles. The molecule has 1 amide bonds. The maximum absolute atomic E-state index is 11.6. The van der Waals surface area contributed by atoms with Crippen molar-refractivity contribution in [3.05, 3.63) is 0 Å². The van der Waals surface area contributed by atoms with E-state index in [0.717, 1.165) is 32.5 Å². The Hall–Kier alpha value is -0.610. The van der Waals surface area contributed by atoms with Gasteiger partial charge in [0.2, 0.25) is 5.91 Å². The Morgan fingerprint density at radius 3 is 2.53 bits per heavy atom. The fourth-order valence-corrected chi connectivity index (χ4v) is 1.30. The van der Waals surface area contributed by atoms with Gasteiger partial charge in [0.05, 0.1) is 12.6 Å². The van der Waals surface area contributed by atoms with Gasteiger partial charge in [-0.1, -0.05) is 27.2 Å². The highest BCUT2D eigenvalue weighted by Gasteiger charge is 2.10. The van der Waals surface area contributed by atoms with Crippen LogP contribution >= 0.6 is 0 Å². The summed E-state index contributed by atoms with van der Waals surface area (Å²) >= 11 is 0. The van der Waals surface area contributed by atoms with Crippen LogP contribution in [-0.2, 0) is 9.53 Å². The maximum atomic E-state index is 11.6. The monoisotopic (exact) mass is 244 g/mol. The number of ether oxygens (including phenoxy) is 1. The first-order valence-corrected chi connectivity index (χ1v) is 6.66. The zero-order chi connectivity index (χ0) is 13.1. The molecule has 0 fully saturated rings. The highest BCUT2D eigenvalue weighted by Crippen LogP contribution is 1.91. The van der Waals surface area contributed by atoms with Gasteiger partial charge in [-0.15, -0.1) is 0 Å². The van der Waals surface area contributed by atoms with Crippen LogP contribution in [0.15, 0.2) is 0 Å². The molecule has 1 unspecified atom stereocenters. The van der Waals surface area contributed by atoms with E-state index in [9.17, 15) is 4.79 Å². The number of amides is 1. The topological polar surface area (TPSA) is 50.4 Å². The van der Waals surface area contributed by atoms with Crippen LogP contribution in [-0.4, -0.2) is 38.3 Å². The summed E-state index contributed by atoms with van der Waals surface area (Å²) in [5.41, 5.74) is 0. The molecule has 0 aliphatic rings. The van der Waals surface area contributed by atoms with E-state index in [1.165, 1.54) is 0 Å². The van der Waals surface area contributed by atoms with Gasteiger partial charge in [-0.3, -0.25) is 4.79 Å². The van der Waals surface area contributed by atoms with Gasteiger partial charge in [-0.2, -0.15) is 0 Å². The van der Waals surface area contributed by atoms with Crippen LogP contribution in [0.2, 0.25) is 0 Å². The number of hydrogen-bond donors (Lipinski definition) is 2. The van der Waals surface area contributed by atoms with Gasteiger partial charge < -0.3 is 15.4 Å². The molecule has 0 radical (unpaired) electrons. The Morgan fingerprint density at radius 1 is 1.24 bits per heavy atom. The SMILES string of the molecule is CCCCNC(=O)C(C)NCCOCC(C)C. The number of carbonyl (C=O) groups is 1. The van der Waals surface area contributed by atoms with Crippen molar-refractivity contribution >= 4 is 5.91 Å². The summed E-state index contributed by atoms with van der Waals surface area (Å²) in [5.74, 6) is 0.632. The van der Waals surface area contributed by atoms with E-state index >= 15 is 0 Å². The molecule has 0 spiro atoms. The number of unbranched alkanes of at least 4 members (excludes halogenated alkanes) is 1. The van der Waals surface area contributed by atoms with Gasteiger partial charge in [-0.05, 0) is 19.3 Å². The minimum Gasteiger partial charge on any atom is -0.380 e. The largest absolute Gasteiger partial charge is 0.380 e. The van der Waals surface area contributed by atoms with Crippen molar-refractivity contribution in [2.75, 3.05) is 26.3 Å². The van der Waals surface area contributed by atoms with Crippen LogP contribution in [0.25, 0.3) is 0 Å². The van der Waals surface area contributed by atoms with Crippen LogP contribution in [0.4, 0.5) is 0 Å². The fraction of sp³-hybridized carbons (Fsp3) is 0.923. The molecule has 0 aromatic heterocycles. The Labute approximate surface area is 105 Å². The molecule has 0 rings (SSSR count). The molecule has 2 N–H and O–H groups in total. The maximum Gasteiger partial charge on any atom is 0.236 e. The molecular formula is C13H28N2O2. The van der Waals surface area contributed by atoms with E-state index in [2.05, 4.69) is 31.4 Å². The molecular weight excluding hydrogens is 216 g/mol. The third-order valence-electron chi connectivity index (χ3n) is 2.37. The van der Waals surface area contributed by atoms with Gasteiger partial charge in [0.15, 0.2) is 0 Å². The third-order valence-corrected chi connectivity index (χ3v) is 2.37. The summed E-state index contributed by atoms with van der Waals surface area (Å²) < 4.78 is 5.43. The van der Waals surface area contributed by atoms with E-state index in [1.807, 2.05) is 6.92 Å². The summed E-state index contributed by atoms with van der Waals surface area (Å²) in [6, 6.07) is -0.144. The average Bonchev–Trinajstić information content (AvgIpc) is 2.28. The van der Waals surface area contributed by atoms with Crippen molar-refractivity contribution in [2.45, 2.75) is 46.6 Å². The second-order valence-corrected chi connectivity index (χ2v) is 4.79. The number of nitrogens with one attached hydrogen (secondary N) is 2. The molecule has 102 valence electrons. The predicted octanol–water partition coefficient (Wildman–Crippen LogP) is 1.55. The normalized spacial score (nSPS) is 12.8. The Balaban J connectivity index is 3.43. The average molecular weight is 244 g/mol. The molecule has 4 heteroatoms. The van der Waals surface area contributed by atoms with Gasteiger partial charge >= 0.3 is 0 Å². The smallest absolute Gasteiger partial charge is 0.236 e. The third kappa shape index (κ3) is 10.3. The lowest BCUT2D eigenvalue weighted by Gasteiger charge is -2.14. The second-order valence-electron chi connectivity index (χ2n) is 4.79. The van der Waals surface area contributed by atoms with E-state index in [0.29, 0.717) is 12.5 Å². The fourth-order valence-electron chi connectivity index (χ4n) is 1.30. The lowest BCUT2D eigenvalue weighted by atomic mass is 10.2. The molecule has 4 nitrogen and oxygen atoms in total. The first kappa shape index (κ1) is 16.4. The standard InChI is InChI=1S/C13H28N2O2/c1-5-6-7-15-13(16)12(4)14-8-9-17-10-11(2)3/h11-12,14H,5-10H2,1-4H3,(H,15,16). The minimum absolute atomic E-state index is 0.0716. The van der Waals surface area contributed by atoms with E-state index < -0.39 is 0 Å². The molecule has 0 saturated carbocycles. The van der Waals surface area contributed by atoms with Crippen LogP contribution < -0.4 is 10.6 Å². The Morgan fingerprint density at radius 2 is 1.94 bits per heavy atom. The van der Waals surface area contributed by atoms with Crippen LogP contribution in [0, 0.1) is 5.92 Å². The highest BCUT2D eigenvalue weighted by molar-refractivity contribution is 5.81. The van der Waals surface area contributed by atoms with Crippen LogP contribution in [0.3, 0.4) is 0 Å². The molecule has 0 aliphatic carbocycles. The quantitative estimate of drug-likeness (QED) is 0.573. The van der Waals surface area contributed by atoms with E-state index in [-0.39, 0.29) is 11.9 Å². The lowest BCUT2D eigenvalue weighted by molar-refractivity contribution is -0.122. The first-order valence-electron chi connectivity index (χ1n) is 6.66. The number of rotatable bonds is 10. The van der Waals surface area contributed by atoms with Gasteiger partial charge in [-0.25, -0.2) is 0 Å². The van der Waals surface area contributed by atoms with Crippen molar-refractivity contribution in [3.63, 3.8) is 0 Å². The predicted molar refractivity (Wildman–Crippen MR) is 71.0 cm³/mol. The van der Waals surface area contributed by atoms with Crippen molar-refractivity contribution in [1.82, 2.24) is 10.6 Å². The second kappa shape index (κ2) is 10.5. The number of hydrogen-bond acceptors (Lipinski definition) is 3. The Bertz CT molecular complexity index is 196. The summed E-state index contributed by atoms with van der Waals surface area (Å²) in [6.07, 6.45) is 2.14. The summed E-state index contributed by atoms with van der Waals surface area (Å²) in [7, 11) is 0. The number of carbonyl (C=O) groups excluding carboxylic acids is 1. The Kier molecular flexibility index (Phi) is 10.2. The van der Waals surface area contributed by atoms with E-state index in [1.54, 1.807) is 0 Å². The summed E-state index contributed by atoms with van der Waals surface area (Å²) in [5, 5.41) is 6.05. The molecule has 0 aliphatic heterocycles. The van der Waals surface area contributed by atoms with Crippen LogP contribution in [0.5, 0.6) is 0 Å². The molecule has 1 atom stereocenters. The zero-order valence-electron chi connectivity index (χ0n) is 11.7. The molecule has 0 saturated heterocycles. The van der Waals surface area contributed by atoms with Gasteiger partial charge in [0.1, 0.15) is 0 Å². The van der Waals surface area contributed by atoms with Crippen molar-refractivity contribution in [1.29, 1.82) is 0 Å². The molecule has 0 aromatic rings. The highest BCUT2D eigenvalue weighted by atomic mass is 16.5. The molecule has 0 bridgehead atoms. The molecule has 0 aromatic carbocycles. The summed E-state index contributed by atoms with van der Waals surface area (Å²) in [6.45, 7) is 11.2. The van der Waals surface area contributed by atoms with Crippen molar-refractivity contribution < 1.29 is 9.53 Å². The van der Waals surface area contributed by atoms with Crippen LogP contribution in [0.1, 0.15) is 40.5 Å².